The van der Waals surface area contributed by atoms with Crippen molar-refractivity contribution in [3.8, 4) is 0 Å². The highest BCUT2D eigenvalue weighted by atomic mass is 79.9. The van der Waals surface area contributed by atoms with Crippen LogP contribution in [0.2, 0.25) is 0 Å². The van der Waals surface area contributed by atoms with Crippen molar-refractivity contribution in [2.45, 2.75) is 19.9 Å². The topological polar surface area (TPSA) is 26.0 Å². The fourth-order valence-corrected chi connectivity index (χ4v) is 3.36. The normalized spacial score (nSPS) is 12.8. The SMILES string of the molecule is Cc1ccc(C)c(C(N)c2cscc2Br)c1. The number of rotatable bonds is 2. The lowest BCUT2D eigenvalue weighted by molar-refractivity contribution is 0.860. The molecule has 0 radical (unpaired) electrons. The maximum Gasteiger partial charge on any atom is 0.0573 e. The van der Waals surface area contributed by atoms with Crippen LogP contribution in [0.3, 0.4) is 0 Å². The van der Waals surface area contributed by atoms with Gasteiger partial charge in [-0.3, -0.25) is 0 Å². The molecule has 16 heavy (non-hydrogen) atoms. The minimum atomic E-state index is -0.0412. The predicted molar refractivity (Wildman–Crippen MR) is 74.0 cm³/mol. The van der Waals surface area contributed by atoms with Crippen LogP contribution in [-0.4, -0.2) is 0 Å². The second kappa shape index (κ2) is 4.70. The third-order valence-electron chi connectivity index (χ3n) is 2.75. The molecule has 1 unspecified atom stereocenters. The minimum absolute atomic E-state index is 0.0412. The standard InChI is InChI=1S/C13H14BrNS/c1-8-3-4-9(2)10(5-8)13(15)11-6-16-7-12(11)14/h3-7,13H,15H2,1-2H3. The number of hydrogen-bond donors (Lipinski definition) is 1. The molecule has 0 saturated carbocycles. The van der Waals surface area contributed by atoms with E-state index in [1.807, 2.05) is 0 Å². The Morgan fingerprint density at radius 2 is 1.94 bits per heavy atom. The van der Waals surface area contributed by atoms with Crippen molar-refractivity contribution >= 4 is 27.3 Å². The van der Waals surface area contributed by atoms with Gasteiger partial charge in [-0.2, -0.15) is 11.3 Å². The van der Waals surface area contributed by atoms with E-state index in [9.17, 15) is 0 Å². The number of nitrogens with two attached hydrogens (primary N) is 1. The highest BCUT2D eigenvalue weighted by Crippen LogP contribution is 2.31. The van der Waals surface area contributed by atoms with Crippen LogP contribution in [0.4, 0.5) is 0 Å². The van der Waals surface area contributed by atoms with Gasteiger partial charge in [-0.1, -0.05) is 23.8 Å². The largest absolute Gasteiger partial charge is 0.320 e. The Morgan fingerprint density at radius 3 is 2.56 bits per heavy atom. The highest BCUT2D eigenvalue weighted by Gasteiger charge is 2.14. The van der Waals surface area contributed by atoms with Gasteiger partial charge in [-0.15, -0.1) is 0 Å². The van der Waals surface area contributed by atoms with Crippen LogP contribution < -0.4 is 5.73 Å². The summed E-state index contributed by atoms with van der Waals surface area (Å²) in [6, 6.07) is 6.38. The molecule has 2 aromatic rings. The average Bonchev–Trinajstić information content (AvgIpc) is 2.67. The quantitative estimate of drug-likeness (QED) is 0.884. The van der Waals surface area contributed by atoms with Gasteiger partial charge in [0.15, 0.2) is 0 Å². The molecule has 0 aliphatic rings. The first-order chi connectivity index (χ1) is 7.59. The van der Waals surface area contributed by atoms with Gasteiger partial charge in [0.2, 0.25) is 0 Å². The number of benzene rings is 1. The molecule has 3 heteroatoms. The van der Waals surface area contributed by atoms with Gasteiger partial charge in [0.25, 0.3) is 0 Å². The lowest BCUT2D eigenvalue weighted by Gasteiger charge is -2.15. The van der Waals surface area contributed by atoms with Crippen LogP contribution in [0.25, 0.3) is 0 Å². The first-order valence-electron chi connectivity index (χ1n) is 5.14. The third-order valence-corrected chi connectivity index (χ3v) is 4.50. The maximum atomic E-state index is 6.31. The van der Waals surface area contributed by atoms with E-state index in [1.54, 1.807) is 11.3 Å². The summed E-state index contributed by atoms with van der Waals surface area (Å²) in [5.74, 6) is 0. The van der Waals surface area contributed by atoms with Crippen LogP contribution in [0.1, 0.15) is 28.3 Å². The Kier molecular flexibility index (Phi) is 3.47. The Bertz CT molecular complexity index is 504. The zero-order chi connectivity index (χ0) is 11.7. The molecule has 1 heterocycles. The lowest BCUT2D eigenvalue weighted by atomic mass is 9.96. The molecule has 2 rings (SSSR count). The van der Waals surface area contributed by atoms with Crippen molar-refractivity contribution in [3.63, 3.8) is 0 Å². The molecule has 84 valence electrons. The summed E-state index contributed by atoms with van der Waals surface area (Å²) in [6.07, 6.45) is 0. The third kappa shape index (κ3) is 2.21. The summed E-state index contributed by atoms with van der Waals surface area (Å²) in [5.41, 5.74) is 11.2. The second-order valence-corrected chi connectivity index (χ2v) is 5.61. The first-order valence-corrected chi connectivity index (χ1v) is 6.87. The number of hydrogen-bond acceptors (Lipinski definition) is 2. The summed E-state index contributed by atoms with van der Waals surface area (Å²) in [5, 5.41) is 4.18. The van der Waals surface area contributed by atoms with E-state index < -0.39 is 0 Å². The monoisotopic (exact) mass is 295 g/mol. The van der Waals surface area contributed by atoms with Crippen molar-refractivity contribution in [2.24, 2.45) is 5.73 Å². The molecular formula is C13H14BrNS. The second-order valence-electron chi connectivity index (χ2n) is 4.01. The van der Waals surface area contributed by atoms with Gasteiger partial charge in [0.1, 0.15) is 0 Å². The van der Waals surface area contributed by atoms with Gasteiger partial charge in [0.05, 0.1) is 6.04 Å². The van der Waals surface area contributed by atoms with Gasteiger partial charge >= 0.3 is 0 Å². The van der Waals surface area contributed by atoms with E-state index >= 15 is 0 Å². The zero-order valence-electron chi connectivity index (χ0n) is 9.33. The van der Waals surface area contributed by atoms with Crippen LogP contribution in [-0.2, 0) is 0 Å². The summed E-state index contributed by atoms with van der Waals surface area (Å²) >= 11 is 5.21. The number of aryl methyl sites for hydroxylation is 2. The Morgan fingerprint density at radius 1 is 1.19 bits per heavy atom. The van der Waals surface area contributed by atoms with E-state index in [2.05, 4.69) is 58.7 Å². The Labute approximate surface area is 108 Å². The predicted octanol–water partition coefficient (Wildman–Crippen LogP) is 4.18. The van der Waals surface area contributed by atoms with Crippen LogP contribution in [0.15, 0.2) is 33.4 Å². The molecule has 1 nitrogen and oxygen atoms in total. The molecule has 1 atom stereocenters. The molecule has 1 aromatic heterocycles. The smallest absolute Gasteiger partial charge is 0.0573 e. The summed E-state index contributed by atoms with van der Waals surface area (Å²) < 4.78 is 1.10. The Balaban J connectivity index is 2.45. The van der Waals surface area contributed by atoms with Crippen molar-refractivity contribution < 1.29 is 0 Å². The molecule has 2 N–H and O–H groups in total. The Hall–Kier alpha value is -0.640. The van der Waals surface area contributed by atoms with Crippen molar-refractivity contribution in [2.75, 3.05) is 0 Å². The summed E-state index contributed by atoms with van der Waals surface area (Å²) in [4.78, 5) is 0. The molecule has 0 bridgehead atoms. The van der Waals surface area contributed by atoms with E-state index in [0.717, 1.165) is 4.47 Å². The molecule has 0 saturated heterocycles. The van der Waals surface area contributed by atoms with E-state index in [0.29, 0.717) is 0 Å². The molecule has 0 amide bonds. The summed E-state index contributed by atoms with van der Waals surface area (Å²) in [7, 11) is 0. The van der Waals surface area contributed by atoms with E-state index in [-0.39, 0.29) is 6.04 Å². The van der Waals surface area contributed by atoms with Crippen molar-refractivity contribution in [1.29, 1.82) is 0 Å². The zero-order valence-corrected chi connectivity index (χ0v) is 11.7. The molecule has 0 aliphatic carbocycles. The van der Waals surface area contributed by atoms with E-state index in [1.165, 1.54) is 22.3 Å². The molecule has 0 spiro atoms. The van der Waals surface area contributed by atoms with Gasteiger partial charge < -0.3 is 5.73 Å². The van der Waals surface area contributed by atoms with Crippen LogP contribution in [0, 0.1) is 13.8 Å². The number of thiophene rings is 1. The van der Waals surface area contributed by atoms with Crippen LogP contribution in [0.5, 0.6) is 0 Å². The molecule has 1 aromatic carbocycles. The number of halogens is 1. The first kappa shape index (κ1) is 11.8. The van der Waals surface area contributed by atoms with E-state index in [4.69, 9.17) is 5.73 Å². The van der Waals surface area contributed by atoms with Crippen molar-refractivity contribution in [3.05, 3.63) is 55.7 Å². The van der Waals surface area contributed by atoms with Gasteiger partial charge in [-0.25, -0.2) is 0 Å². The van der Waals surface area contributed by atoms with Gasteiger partial charge in [0, 0.05) is 9.85 Å². The van der Waals surface area contributed by atoms with Crippen molar-refractivity contribution in [1.82, 2.24) is 0 Å². The minimum Gasteiger partial charge on any atom is -0.320 e. The fourth-order valence-electron chi connectivity index (χ4n) is 1.78. The fraction of sp³-hybridized carbons (Fsp3) is 0.231. The molecular weight excluding hydrogens is 282 g/mol. The summed E-state index contributed by atoms with van der Waals surface area (Å²) in [6.45, 7) is 4.20. The molecule has 0 fully saturated rings. The highest BCUT2D eigenvalue weighted by molar-refractivity contribution is 9.10. The molecule has 0 aliphatic heterocycles. The van der Waals surface area contributed by atoms with Gasteiger partial charge in [-0.05, 0) is 51.8 Å². The maximum absolute atomic E-state index is 6.31. The average molecular weight is 296 g/mol. The van der Waals surface area contributed by atoms with Crippen LogP contribution >= 0.6 is 27.3 Å². The lowest BCUT2D eigenvalue weighted by Crippen LogP contribution is -2.13.